The average molecular weight is 523 g/mol. The number of nitrogens with one attached hydrogen (secondary N) is 1. The number of carbonyl (C=O) groups excluding carboxylic acids is 2. The molecule has 0 radical (unpaired) electrons. The summed E-state index contributed by atoms with van der Waals surface area (Å²) in [6.45, 7) is 5.21. The van der Waals surface area contributed by atoms with Crippen molar-refractivity contribution < 1.29 is 19.1 Å². The maximum atomic E-state index is 13.7. The molecule has 3 aromatic carbocycles. The molecule has 0 fully saturated rings. The third-order valence-electron chi connectivity index (χ3n) is 6.02. The van der Waals surface area contributed by atoms with E-state index >= 15 is 0 Å². The molecule has 0 aliphatic rings. The van der Waals surface area contributed by atoms with Gasteiger partial charge in [0.2, 0.25) is 11.8 Å². The van der Waals surface area contributed by atoms with Crippen molar-refractivity contribution in [2.45, 2.75) is 45.7 Å². The Bertz CT molecular complexity index is 1150. The molecule has 0 aliphatic carbocycles. The Balaban J connectivity index is 1.85. The molecular formula is C30H35ClN2O4. The van der Waals surface area contributed by atoms with Crippen LogP contribution in [-0.4, -0.2) is 43.0 Å². The highest BCUT2D eigenvalue weighted by Gasteiger charge is 2.29. The number of rotatable bonds is 13. The van der Waals surface area contributed by atoms with Crippen LogP contribution in [0.2, 0.25) is 5.02 Å². The normalized spacial score (nSPS) is 11.5. The van der Waals surface area contributed by atoms with E-state index in [1.54, 1.807) is 24.1 Å². The van der Waals surface area contributed by atoms with Gasteiger partial charge in [0, 0.05) is 31.5 Å². The van der Waals surface area contributed by atoms with Gasteiger partial charge in [-0.3, -0.25) is 9.59 Å². The maximum absolute atomic E-state index is 13.7. The van der Waals surface area contributed by atoms with Crippen molar-refractivity contribution >= 4 is 23.4 Å². The first-order valence-corrected chi connectivity index (χ1v) is 13.0. The molecule has 3 aromatic rings. The zero-order chi connectivity index (χ0) is 26.6. The van der Waals surface area contributed by atoms with Gasteiger partial charge in [-0.2, -0.15) is 0 Å². The van der Waals surface area contributed by atoms with Crippen LogP contribution in [0.15, 0.2) is 72.8 Å². The number of hydrogen-bond donors (Lipinski definition) is 1. The van der Waals surface area contributed by atoms with E-state index < -0.39 is 6.04 Å². The molecule has 0 unspecified atom stereocenters. The van der Waals surface area contributed by atoms with Crippen molar-refractivity contribution in [1.29, 1.82) is 0 Å². The van der Waals surface area contributed by atoms with Gasteiger partial charge >= 0.3 is 0 Å². The number of halogens is 1. The Morgan fingerprint density at radius 1 is 0.865 bits per heavy atom. The van der Waals surface area contributed by atoms with Crippen LogP contribution in [-0.2, 0) is 29.0 Å². The molecule has 0 heterocycles. The van der Waals surface area contributed by atoms with Gasteiger partial charge in [0.25, 0.3) is 0 Å². The van der Waals surface area contributed by atoms with Crippen molar-refractivity contribution in [1.82, 2.24) is 10.2 Å². The van der Waals surface area contributed by atoms with Gasteiger partial charge in [0.1, 0.15) is 6.04 Å². The van der Waals surface area contributed by atoms with Crippen molar-refractivity contribution in [2.75, 3.05) is 20.3 Å². The van der Waals surface area contributed by atoms with Crippen LogP contribution < -0.4 is 14.8 Å². The lowest BCUT2D eigenvalue weighted by Crippen LogP contribution is -2.49. The average Bonchev–Trinajstić information content (AvgIpc) is 2.92. The van der Waals surface area contributed by atoms with Crippen LogP contribution in [0.1, 0.15) is 37.0 Å². The van der Waals surface area contributed by atoms with E-state index in [4.69, 9.17) is 21.1 Å². The van der Waals surface area contributed by atoms with E-state index in [-0.39, 0.29) is 18.2 Å². The zero-order valence-electron chi connectivity index (χ0n) is 21.7. The van der Waals surface area contributed by atoms with Gasteiger partial charge < -0.3 is 19.7 Å². The largest absolute Gasteiger partial charge is 0.490 e. The summed E-state index contributed by atoms with van der Waals surface area (Å²) in [5, 5.41) is 3.36. The molecule has 0 bridgehead atoms. The smallest absolute Gasteiger partial charge is 0.242 e. The first kappa shape index (κ1) is 28.1. The number of hydrogen-bond acceptors (Lipinski definition) is 4. The highest BCUT2D eigenvalue weighted by Crippen LogP contribution is 2.29. The number of carbonyl (C=O) groups is 2. The van der Waals surface area contributed by atoms with Crippen molar-refractivity contribution in [2.24, 2.45) is 0 Å². The van der Waals surface area contributed by atoms with Gasteiger partial charge in [-0.25, -0.2) is 0 Å². The van der Waals surface area contributed by atoms with Gasteiger partial charge in [-0.15, -0.1) is 0 Å². The molecule has 0 saturated heterocycles. The minimum absolute atomic E-state index is 0.105. The molecule has 2 amide bonds. The summed E-state index contributed by atoms with van der Waals surface area (Å²) in [5.74, 6) is 1.04. The fourth-order valence-electron chi connectivity index (χ4n) is 4.15. The molecule has 0 aliphatic heterocycles. The van der Waals surface area contributed by atoms with Crippen LogP contribution in [0.5, 0.6) is 11.5 Å². The molecular weight excluding hydrogens is 488 g/mol. The topological polar surface area (TPSA) is 67.9 Å². The highest BCUT2D eigenvalue weighted by atomic mass is 35.5. The second-order valence-electron chi connectivity index (χ2n) is 8.61. The van der Waals surface area contributed by atoms with Crippen molar-refractivity contribution in [3.63, 3.8) is 0 Å². The van der Waals surface area contributed by atoms with Crippen LogP contribution >= 0.6 is 11.6 Å². The van der Waals surface area contributed by atoms with Gasteiger partial charge in [-0.1, -0.05) is 60.1 Å². The molecule has 1 N–H and O–H groups in total. The van der Waals surface area contributed by atoms with E-state index in [1.165, 1.54) is 0 Å². The molecule has 0 aromatic heterocycles. The molecule has 0 saturated carbocycles. The van der Waals surface area contributed by atoms with E-state index in [0.29, 0.717) is 49.1 Å². The zero-order valence-corrected chi connectivity index (χ0v) is 22.5. The fraction of sp³-hybridized carbons (Fsp3) is 0.333. The standard InChI is InChI=1S/C30H35ClN2O4/c1-4-36-27-17-13-23(20-28(27)37-5-2)14-18-29(34)33(21-24-11-15-25(31)16-12-24)26(30(35)32-3)19-22-9-7-6-8-10-22/h6-13,15-17,20,26H,4-5,14,18-19,21H2,1-3H3,(H,32,35)/t26-/m0/s1. The molecule has 1 atom stereocenters. The summed E-state index contributed by atoms with van der Waals surface area (Å²) < 4.78 is 11.4. The second-order valence-corrected chi connectivity index (χ2v) is 9.05. The Hall–Kier alpha value is -3.51. The summed E-state index contributed by atoms with van der Waals surface area (Å²) in [6.07, 6.45) is 1.17. The summed E-state index contributed by atoms with van der Waals surface area (Å²) in [5.41, 5.74) is 2.85. The van der Waals surface area contributed by atoms with E-state index in [2.05, 4.69) is 5.32 Å². The molecule has 3 rings (SSSR count). The van der Waals surface area contributed by atoms with Crippen LogP contribution in [0.4, 0.5) is 0 Å². The first-order chi connectivity index (χ1) is 17.9. The maximum Gasteiger partial charge on any atom is 0.242 e. The van der Waals surface area contributed by atoms with E-state index in [0.717, 1.165) is 16.7 Å². The first-order valence-electron chi connectivity index (χ1n) is 12.6. The highest BCUT2D eigenvalue weighted by molar-refractivity contribution is 6.30. The van der Waals surface area contributed by atoms with Gasteiger partial charge in [-0.05, 0) is 61.2 Å². The van der Waals surface area contributed by atoms with Gasteiger partial charge in [0.05, 0.1) is 13.2 Å². The monoisotopic (exact) mass is 522 g/mol. The molecule has 7 heteroatoms. The third kappa shape index (κ3) is 8.25. The van der Waals surface area contributed by atoms with Crippen LogP contribution in [0, 0.1) is 0 Å². The number of amides is 2. The predicted octanol–water partition coefficient (Wildman–Crippen LogP) is 5.46. The Labute approximate surface area is 224 Å². The molecule has 37 heavy (non-hydrogen) atoms. The number of nitrogens with zero attached hydrogens (tertiary/aromatic N) is 1. The summed E-state index contributed by atoms with van der Waals surface area (Å²) in [4.78, 5) is 28.4. The number of ether oxygens (including phenoxy) is 2. The number of benzene rings is 3. The lowest BCUT2D eigenvalue weighted by molar-refractivity contribution is -0.141. The summed E-state index contributed by atoms with van der Waals surface area (Å²) in [7, 11) is 1.60. The predicted molar refractivity (Wildman–Crippen MR) is 147 cm³/mol. The summed E-state index contributed by atoms with van der Waals surface area (Å²) in [6, 6.07) is 22.2. The van der Waals surface area contributed by atoms with E-state index in [9.17, 15) is 9.59 Å². The Morgan fingerprint density at radius 3 is 2.16 bits per heavy atom. The van der Waals surface area contributed by atoms with E-state index in [1.807, 2.05) is 74.5 Å². The molecule has 0 spiro atoms. The second kappa shape index (κ2) is 14.3. The summed E-state index contributed by atoms with van der Waals surface area (Å²) >= 11 is 6.07. The van der Waals surface area contributed by atoms with Crippen molar-refractivity contribution in [3.05, 3.63) is 94.5 Å². The lowest BCUT2D eigenvalue weighted by Gasteiger charge is -2.31. The SMILES string of the molecule is CCOc1ccc(CCC(=O)N(Cc2ccc(Cl)cc2)[C@@H](Cc2ccccc2)C(=O)NC)cc1OCC. The van der Waals surface area contributed by atoms with Crippen LogP contribution in [0.25, 0.3) is 0 Å². The Kier molecular flexibility index (Phi) is 10.8. The quantitative estimate of drug-likeness (QED) is 0.324. The number of likely N-dealkylation sites (N-methyl/N-ethyl adjacent to an activating group) is 1. The molecule has 6 nitrogen and oxygen atoms in total. The van der Waals surface area contributed by atoms with Crippen molar-refractivity contribution in [3.8, 4) is 11.5 Å². The minimum Gasteiger partial charge on any atom is -0.490 e. The Morgan fingerprint density at radius 2 is 1.51 bits per heavy atom. The molecule has 196 valence electrons. The van der Waals surface area contributed by atoms with Gasteiger partial charge in [0.15, 0.2) is 11.5 Å². The fourth-order valence-corrected chi connectivity index (χ4v) is 4.28. The third-order valence-corrected chi connectivity index (χ3v) is 6.27. The number of aryl methyl sites for hydroxylation is 1. The minimum atomic E-state index is -0.658. The van der Waals surface area contributed by atoms with Crippen LogP contribution in [0.3, 0.4) is 0 Å². The lowest BCUT2D eigenvalue weighted by atomic mass is 10.0.